The summed E-state index contributed by atoms with van der Waals surface area (Å²) in [7, 11) is 0. The average molecular weight is 273 g/mol. The summed E-state index contributed by atoms with van der Waals surface area (Å²) in [5, 5.41) is 5.10. The first-order valence-corrected chi connectivity index (χ1v) is 6.16. The zero-order chi connectivity index (χ0) is 12.4. The molecule has 0 aromatic carbocycles. The van der Waals surface area contributed by atoms with Crippen LogP contribution in [0.4, 0.5) is 10.7 Å². The Morgan fingerprint density at radius 3 is 3.00 bits per heavy atom. The molecule has 1 aliphatic heterocycles. The second-order valence-corrected chi connectivity index (χ2v) is 4.82. The zero-order valence-corrected chi connectivity index (χ0v) is 10.4. The highest BCUT2D eigenvalue weighted by atomic mass is 35.5. The van der Waals surface area contributed by atoms with Crippen LogP contribution in [0.2, 0.25) is 5.15 Å². The summed E-state index contributed by atoms with van der Waals surface area (Å²) in [6.07, 6.45) is 0. The highest BCUT2D eigenvalue weighted by Crippen LogP contribution is 2.15. The SMILES string of the molecule is Cc1cc(Cl)nc(NC(=O)C2CSC(=O)N2)n1. The van der Waals surface area contributed by atoms with Crippen LogP contribution in [0, 0.1) is 6.92 Å². The first-order valence-electron chi connectivity index (χ1n) is 4.80. The molecule has 1 aliphatic rings. The molecule has 0 saturated carbocycles. The lowest BCUT2D eigenvalue weighted by atomic mass is 10.3. The van der Waals surface area contributed by atoms with E-state index in [1.54, 1.807) is 13.0 Å². The van der Waals surface area contributed by atoms with Gasteiger partial charge in [0.1, 0.15) is 11.2 Å². The second-order valence-electron chi connectivity index (χ2n) is 3.44. The van der Waals surface area contributed by atoms with Crippen LogP contribution in [-0.4, -0.2) is 32.9 Å². The van der Waals surface area contributed by atoms with E-state index in [1.165, 1.54) is 0 Å². The van der Waals surface area contributed by atoms with Crippen molar-refractivity contribution in [3.8, 4) is 0 Å². The predicted molar refractivity (Wildman–Crippen MR) is 65.2 cm³/mol. The summed E-state index contributed by atoms with van der Waals surface area (Å²) in [6.45, 7) is 1.75. The predicted octanol–water partition coefficient (Wildman–Crippen LogP) is 1.20. The van der Waals surface area contributed by atoms with Gasteiger partial charge < -0.3 is 5.32 Å². The summed E-state index contributed by atoms with van der Waals surface area (Å²) < 4.78 is 0. The Morgan fingerprint density at radius 2 is 2.41 bits per heavy atom. The molecule has 0 spiro atoms. The van der Waals surface area contributed by atoms with Crippen molar-refractivity contribution < 1.29 is 9.59 Å². The summed E-state index contributed by atoms with van der Waals surface area (Å²) >= 11 is 6.81. The molecule has 1 fully saturated rings. The van der Waals surface area contributed by atoms with Crippen molar-refractivity contribution >= 4 is 40.5 Å². The number of aromatic nitrogens is 2. The molecule has 17 heavy (non-hydrogen) atoms. The molecule has 2 N–H and O–H groups in total. The van der Waals surface area contributed by atoms with Crippen LogP contribution in [0.3, 0.4) is 0 Å². The molecule has 0 radical (unpaired) electrons. The van der Waals surface area contributed by atoms with Crippen LogP contribution in [-0.2, 0) is 4.79 Å². The smallest absolute Gasteiger partial charge is 0.279 e. The highest BCUT2D eigenvalue weighted by Gasteiger charge is 2.28. The molecule has 6 nitrogen and oxygen atoms in total. The van der Waals surface area contributed by atoms with Crippen molar-refractivity contribution in [2.75, 3.05) is 11.1 Å². The van der Waals surface area contributed by atoms with E-state index in [4.69, 9.17) is 11.6 Å². The third-order valence-electron chi connectivity index (χ3n) is 2.05. The summed E-state index contributed by atoms with van der Waals surface area (Å²) in [5.41, 5.74) is 0.658. The minimum absolute atomic E-state index is 0.145. The molecule has 1 aromatic rings. The van der Waals surface area contributed by atoms with Crippen molar-refractivity contribution in [2.24, 2.45) is 0 Å². The lowest BCUT2D eigenvalue weighted by Gasteiger charge is -2.09. The number of nitrogens with one attached hydrogen (secondary N) is 2. The van der Waals surface area contributed by atoms with Crippen molar-refractivity contribution in [3.63, 3.8) is 0 Å². The van der Waals surface area contributed by atoms with Crippen LogP contribution in [0.25, 0.3) is 0 Å². The molecule has 90 valence electrons. The van der Waals surface area contributed by atoms with Gasteiger partial charge in [-0.15, -0.1) is 0 Å². The summed E-state index contributed by atoms with van der Waals surface area (Å²) in [5.74, 6) is 0.209. The maximum absolute atomic E-state index is 11.7. The van der Waals surface area contributed by atoms with Gasteiger partial charge in [0, 0.05) is 11.4 Å². The maximum atomic E-state index is 11.7. The molecule has 0 aliphatic carbocycles. The number of carbonyl (C=O) groups is 2. The number of rotatable bonds is 2. The first-order chi connectivity index (χ1) is 8.04. The number of thioether (sulfide) groups is 1. The van der Waals surface area contributed by atoms with Gasteiger partial charge >= 0.3 is 0 Å². The largest absolute Gasteiger partial charge is 0.334 e. The molecule has 0 bridgehead atoms. The fourth-order valence-electron chi connectivity index (χ4n) is 1.31. The molecular weight excluding hydrogens is 264 g/mol. The van der Waals surface area contributed by atoms with Gasteiger partial charge in [-0.05, 0) is 13.0 Å². The Kier molecular flexibility index (Phi) is 3.49. The quantitative estimate of drug-likeness (QED) is 0.791. The lowest BCUT2D eigenvalue weighted by Crippen LogP contribution is -2.39. The van der Waals surface area contributed by atoms with Gasteiger partial charge in [0.05, 0.1) is 0 Å². The number of nitrogens with zero attached hydrogens (tertiary/aromatic N) is 2. The maximum Gasteiger partial charge on any atom is 0.279 e. The number of aryl methyl sites for hydroxylation is 1. The van der Waals surface area contributed by atoms with Crippen LogP contribution in [0.1, 0.15) is 5.69 Å². The molecule has 1 aromatic heterocycles. The molecule has 1 atom stereocenters. The van der Waals surface area contributed by atoms with E-state index in [0.29, 0.717) is 11.4 Å². The number of hydrogen-bond acceptors (Lipinski definition) is 5. The Hall–Kier alpha value is -1.34. The van der Waals surface area contributed by atoms with E-state index in [9.17, 15) is 9.59 Å². The van der Waals surface area contributed by atoms with Crippen LogP contribution >= 0.6 is 23.4 Å². The normalized spacial score (nSPS) is 18.9. The van der Waals surface area contributed by atoms with Crippen LogP contribution in [0.15, 0.2) is 6.07 Å². The molecule has 2 rings (SSSR count). The van der Waals surface area contributed by atoms with Gasteiger partial charge in [0.2, 0.25) is 11.9 Å². The van der Waals surface area contributed by atoms with Crippen LogP contribution in [0.5, 0.6) is 0 Å². The van der Waals surface area contributed by atoms with Crippen LogP contribution < -0.4 is 10.6 Å². The van der Waals surface area contributed by atoms with E-state index in [1.807, 2.05) is 0 Å². The van der Waals surface area contributed by atoms with Crippen molar-refractivity contribution in [2.45, 2.75) is 13.0 Å². The van der Waals surface area contributed by atoms with Gasteiger partial charge in [-0.25, -0.2) is 9.97 Å². The van der Waals surface area contributed by atoms with E-state index in [2.05, 4.69) is 20.6 Å². The monoisotopic (exact) mass is 272 g/mol. The van der Waals surface area contributed by atoms with Gasteiger partial charge in [0.15, 0.2) is 0 Å². The Labute approximate surface area is 107 Å². The number of halogens is 1. The minimum atomic E-state index is -0.546. The molecular formula is C9H9ClN4O2S. The fraction of sp³-hybridized carbons (Fsp3) is 0.333. The summed E-state index contributed by atoms with van der Waals surface area (Å²) in [6, 6.07) is 1.04. The van der Waals surface area contributed by atoms with Crippen molar-refractivity contribution in [1.82, 2.24) is 15.3 Å². The molecule has 2 heterocycles. The first kappa shape index (κ1) is 12.1. The second kappa shape index (κ2) is 4.89. The number of amides is 2. The van der Waals surface area contributed by atoms with E-state index >= 15 is 0 Å². The Bertz CT molecular complexity index is 462. The van der Waals surface area contributed by atoms with Gasteiger partial charge in [0.25, 0.3) is 5.24 Å². The van der Waals surface area contributed by atoms with Gasteiger partial charge in [-0.3, -0.25) is 14.9 Å². The number of carbonyl (C=O) groups excluding carboxylic acids is 2. The van der Waals surface area contributed by atoms with Crippen molar-refractivity contribution in [1.29, 1.82) is 0 Å². The van der Waals surface area contributed by atoms with E-state index < -0.39 is 6.04 Å². The standard InChI is InChI=1S/C9H9ClN4O2S/c1-4-2-6(10)13-8(11-4)14-7(15)5-3-17-9(16)12-5/h2,5H,3H2,1H3,(H,12,16)(H,11,13,14,15). The minimum Gasteiger partial charge on any atom is -0.334 e. The molecule has 2 amide bonds. The van der Waals surface area contributed by atoms with E-state index in [-0.39, 0.29) is 22.2 Å². The van der Waals surface area contributed by atoms with Gasteiger partial charge in [-0.2, -0.15) is 0 Å². The highest BCUT2D eigenvalue weighted by molar-refractivity contribution is 8.14. The van der Waals surface area contributed by atoms with Crippen molar-refractivity contribution in [3.05, 3.63) is 16.9 Å². The third kappa shape index (κ3) is 3.07. The zero-order valence-electron chi connectivity index (χ0n) is 8.86. The number of anilines is 1. The molecule has 8 heteroatoms. The van der Waals surface area contributed by atoms with Gasteiger partial charge in [-0.1, -0.05) is 23.4 Å². The third-order valence-corrected chi connectivity index (χ3v) is 3.12. The molecule has 1 unspecified atom stereocenters. The topological polar surface area (TPSA) is 84.0 Å². The fourth-order valence-corrected chi connectivity index (χ4v) is 2.33. The lowest BCUT2D eigenvalue weighted by molar-refractivity contribution is -0.117. The Balaban J connectivity index is 2.05. The average Bonchev–Trinajstić information content (AvgIpc) is 2.63. The molecule has 1 saturated heterocycles. The number of hydrogen-bond donors (Lipinski definition) is 2. The Morgan fingerprint density at radius 1 is 1.65 bits per heavy atom. The summed E-state index contributed by atoms with van der Waals surface area (Å²) in [4.78, 5) is 30.5. The van der Waals surface area contributed by atoms with E-state index in [0.717, 1.165) is 11.8 Å².